The molecule has 32 heavy (non-hydrogen) atoms. The predicted octanol–water partition coefficient (Wildman–Crippen LogP) is 0.985. The fraction of sp³-hybridized carbons (Fsp3) is 0.611. The summed E-state index contributed by atoms with van der Waals surface area (Å²) in [5.41, 5.74) is 0. The van der Waals surface area contributed by atoms with Gasteiger partial charge in [0.1, 0.15) is 19.0 Å². The molecule has 0 radical (unpaired) electrons. The number of carbonyl (C=O) groups excluding carboxylic acids is 4. The van der Waals surface area contributed by atoms with Gasteiger partial charge in [-0.25, -0.2) is 4.98 Å². The Labute approximate surface area is 192 Å². The molecule has 0 N–H and O–H groups in total. The summed E-state index contributed by atoms with van der Waals surface area (Å²) in [4.78, 5) is 55.2. The SMILES string of the molecule is CSc1ncn([C@@H]2O[C@H](COC(C)=O)[C@H](OC(C)=O)[C@H](OC(C)=O)[C@H]2OC(C)=O)c(=S)n1. The van der Waals surface area contributed by atoms with Crippen molar-refractivity contribution >= 4 is 47.9 Å². The van der Waals surface area contributed by atoms with E-state index in [1.807, 2.05) is 0 Å². The summed E-state index contributed by atoms with van der Waals surface area (Å²) >= 11 is 6.59. The maximum absolute atomic E-state index is 11.9. The van der Waals surface area contributed by atoms with E-state index >= 15 is 0 Å². The minimum Gasteiger partial charge on any atom is -0.463 e. The first-order chi connectivity index (χ1) is 15.0. The number of ether oxygens (including phenoxy) is 5. The third-order valence-corrected chi connectivity index (χ3v) is 4.99. The zero-order valence-electron chi connectivity index (χ0n) is 18.0. The summed E-state index contributed by atoms with van der Waals surface area (Å²) in [7, 11) is 0. The summed E-state index contributed by atoms with van der Waals surface area (Å²) in [5, 5.41) is 0.400. The van der Waals surface area contributed by atoms with Crippen molar-refractivity contribution < 1.29 is 42.9 Å². The second-order valence-electron chi connectivity index (χ2n) is 6.62. The molecular weight excluding hydrogens is 466 g/mol. The molecule has 0 unspecified atom stereocenters. The number of rotatable bonds is 7. The molecule has 0 bridgehead atoms. The van der Waals surface area contributed by atoms with Crippen molar-refractivity contribution in [1.82, 2.24) is 14.5 Å². The lowest BCUT2D eigenvalue weighted by Crippen LogP contribution is -2.60. The van der Waals surface area contributed by atoms with Gasteiger partial charge >= 0.3 is 23.9 Å². The van der Waals surface area contributed by atoms with Gasteiger partial charge in [-0.15, -0.1) is 0 Å². The number of aromatic nitrogens is 3. The number of thioether (sulfide) groups is 1. The average Bonchev–Trinajstić information content (AvgIpc) is 2.68. The van der Waals surface area contributed by atoms with Crippen molar-refractivity contribution in [2.75, 3.05) is 12.9 Å². The quantitative estimate of drug-likeness (QED) is 0.232. The third kappa shape index (κ3) is 6.71. The molecule has 1 aromatic heterocycles. The van der Waals surface area contributed by atoms with Crippen molar-refractivity contribution in [1.29, 1.82) is 0 Å². The van der Waals surface area contributed by atoms with E-state index in [4.69, 9.17) is 35.9 Å². The molecule has 14 heteroatoms. The van der Waals surface area contributed by atoms with Crippen LogP contribution in [0.5, 0.6) is 0 Å². The topological polar surface area (TPSA) is 145 Å². The first kappa shape index (κ1) is 25.7. The Balaban J connectivity index is 2.59. The minimum atomic E-state index is -1.30. The van der Waals surface area contributed by atoms with E-state index in [1.165, 1.54) is 29.6 Å². The molecule has 1 fully saturated rings. The van der Waals surface area contributed by atoms with Gasteiger partial charge in [-0.3, -0.25) is 23.7 Å². The maximum Gasteiger partial charge on any atom is 0.303 e. The number of nitrogens with zero attached hydrogens (tertiary/aromatic N) is 3. The van der Waals surface area contributed by atoms with Gasteiger partial charge in [0.05, 0.1) is 0 Å². The monoisotopic (exact) mass is 489 g/mol. The molecule has 0 spiro atoms. The Bertz CT molecular complexity index is 939. The number of hydrogen-bond donors (Lipinski definition) is 0. The van der Waals surface area contributed by atoms with Crippen LogP contribution in [0.25, 0.3) is 0 Å². The minimum absolute atomic E-state index is 0.0465. The van der Waals surface area contributed by atoms with Gasteiger partial charge in [-0.05, 0) is 18.5 Å². The van der Waals surface area contributed by atoms with Crippen LogP contribution < -0.4 is 0 Å². The fourth-order valence-electron chi connectivity index (χ4n) is 3.03. The van der Waals surface area contributed by atoms with E-state index in [0.29, 0.717) is 5.16 Å². The molecular formula is C18H23N3O9S2. The van der Waals surface area contributed by atoms with Crippen LogP contribution in [-0.4, -0.2) is 75.7 Å². The van der Waals surface area contributed by atoms with Gasteiger partial charge in [-0.1, -0.05) is 11.8 Å². The maximum atomic E-state index is 11.9. The molecule has 2 heterocycles. The van der Waals surface area contributed by atoms with Crippen LogP contribution in [0.1, 0.15) is 33.9 Å². The summed E-state index contributed by atoms with van der Waals surface area (Å²) < 4.78 is 28.5. The zero-order chi connectivity index (χ0) is 24.0. The molecule has 2 rings (SSSR count). The Morgan fingerprint density at radius 2 is 1.56 bits per heavy atom. The number of esters is 4. The van der Waals surface area contributed by atoms with Gasteiger partial charge in [0, 0.05) is 27.7 Å². The Hall–Kier alpha value is -2.58. The lowest BCUT2D eigenvalue weighted by atomic mass is 9.97. The third-order valence-electron chi connectivity index (χ3n) is 4.13. The summed E-state index contributed by atoms with van der Waals surface area (Å²) in [6.45, 7) is 4.29. The van der Waals surface area contributed by atoms with Crippen LogP contribution in [0.4, 0.5) is 0 Å². The molecule has 0 aliphatic carbocycles. The molecule has 12 nitrogen and oxygen atoms in total. The van der Waals surface area contributed by atoms with Crippen LogP contribution in [0, 0.1) is 4.77 Å². The van der Waals surface area contributed by atoms with Crippen LogP contribution in [-0.2, 0) is 42.9 Å². The van der Waals surface area contributed by atoms with Crippen molar-refractivity contribution in [3.05, 3.63) is 11.1 Å². The molecule has 0 amide bonds. The summed E-state index contributed by atoms with van der Waals surface area (Å²) in [6, 6.07) is 0. The van der Waals surface area contributed by atoms with Crippen LogP contribution in [0.3, 0.4) is 0 Å². The summed E-state index contributed by atoms with van der Waals surface area (Å²) in [5.74, 6) is -2.77. The number of carbonyl (C=O) groups is 4. The zero-order valence-corrected chi connectivity index (χ0v) is 19.6. The van der Waals surface area contributed by atoms with Crippen molar-refractivity contribution in [3.63, 3.8) is 0 Å². The van der Waals surface area contributed by atoms with Gasteiger partial charge < -0.3 is 23.7 Å². The molecule has 5 atom stereocenters. The highest BCUT2D eigenvalue weighted by Crippen LogP contribution is 2.34. The first-order valence-corrected chi connectivity index (χ1v) is 11.0. The molecule has 1 saturated heterocycles. The largest absolute Gasteiger partial charge is 0.463 e. The molecule has 0 aromatic carbocycles. The van der Waals surface area contributed by atoms with Crippen LogP contribution in [0.2, 0.25) is 0 Å². The average molecular weight is 490 g/mol. The first-order valence-electron chi connectivity index (χ1n) is 9.33. The molecule has 1 aliphatic rings. The van der Waals surface area contributed by atoms with Gasteiger partial charge in [0.2, 0.25) is 4.77 Å². The smallest absolute Gasteiger partial charge is 0.303 e. The van der Waals surface area contributed by atoms with Crippen molar-refractivity contribution in [2.24, 2.45) is 0 Å². The summed E-state index contributed by atoms with van der Waals surface area (Å²) in [6.07, 6.45) is -3.01. The lowest BCUT2D eigenvalue weighted by molar-refractivity contribution is -0.269. The molecule has 176 valence electrons. The van der Waals surface area contributed by atoms with Gasteiger partial charge in [0.25, 0.3) is 0 Å². The Kier molecular flexibility index (Phi) is 9.09. The molecule has 1 aliphatic heterocycles. The van der Waals surface area contributed by atoms with Crippen molar-refractivity contribution in [2.45, 2.75) is 63.5 Å². The highest BCUT2D eigenvalue weighted by molar-refractivity contribution is 7.98. The Morgan fingerprint density at radius 3 is 2.06 bits per heavy atom. The lowest BCUT2D eigenvalue weighted by Gasteiger charge is -2.44. The van der Waals surface area contributed by atoms with E-state index in [-0.39, 0.29) is 11.4 Å². The van der Waals surface area contributed by atoms with E-state index < -0.39 is 54.5 Å². The van der Waals surface area contributed by atoms with E-state index in [0.717, 1.165) is 20.8 Å². The molecule has 0 saturated carbocycles. The van der Waals surface area contributed by atoms with Gasteiger partial charge in [0.15, 0.2) is 29.7 Å². The predicted molar refractivity (Wildman–Crippen MR) is 110 cm³/mol. The second kappa shape index (κ2) is 11.3. The van der Waals surface area contributed by atoms with Gasteiger partial charge in [-0.2, -0.15) is 4.98 Å². The highest BCUT2D eigenvalue weighted by Gasteiger charge is 2.53. The normalized spacial score (nSPS) is 24.8. The van der Waals surface area contributed by atoms with E-state index in [2.05, 4.69) is 9.97 Å². The van der Waals surface area contributed by atoms with Crippen LogP contribution in [0.15, 0.2) is 11.5 Å². The number of hydrogen-bond acceptors (Lipinski definition) is 13. The highest BCUT2D eigenvalue weighted by atomic mass is 32.2. The standard InChI is InChI=1S/C18H23N3O9S2/c1-8(22)26-6-12-13(27-9(2)23)14(28-10(3)24)15(29-11(4)25)16(30-12)21-7-19-17(32-5)20-18(21)31/h7,12-16H,6H2,1-5H3/t12-,13+,14+,15-,16-/m1/s1. The van der Waals surface area contributed by atoms with E-state index in [1.54, 1.807) is 6.26 Å². The fourth-order valence-corrected chi connectivity index (χ4v) is 3.66. The molecule has 1 aromatic rings. The van der Waals surface area contributed by atoms with Crippen LogP contribution >= 0.6 is 24.0 Å². The van der Waals surface area contributed by atoms with Crippen molar-refractivity contribution in [3.8, 4) is 0 Å². The Morgan fingerprint density at radius 1 is 1.00 bits per heavy atom. The van der Waals surface area contributed by atoms with E-state index in [9.17, 15) is 19.2 Å². The second-order valence-corrected chi connectivity index (χ2v) is 7.76.